The van der Waals surface area contributed by atoms with Crippen molar-refractivity contribution in [1.29, 1.82) is 5.26 Å². The number of unbranched alkanes of at least 4 members (excludes halogenated alkanes) is 3. The third-order valence-electron chi connectivity index (χ3n) is 11.4. The molecule has 0 spiro atoms. The molecule has 5 amide bonds. The summed E-state index contributed by atoms with van der Waals surface area (Å²) in [5.74, 6) is -2.75. The molecule has 5 rings (SSSR count). The summed E-state index contributed by atoms with van der Waals surface area (Å²) in [6.07, 6.45) is 4.68. The van der Waals surface area contributed by atoms with E-state index < -0.39 is 65.7 Å². The zero-order valence-corrected chi connectivity index (χ0v) is 39.1. The molecule has 0 saturated heterocycles. The molecule has 4 bridgehead atoms. The van der Waals surface area contributed by atoms with E-state index >= 15 is 0 Å². The van der Waals surface area contributed by atoms with Crippen LogP contribution in [0.5, 0.6) is 11.5 Å². The standard InChI is InChI=1S/C49H61F2N11O7/c1-4-5-6-7-8-42-57-27-33(28-58-42)31-10-12-34(37(25-31)44(50)51)46(64)60-38(15-16-52)49(67)62(3)43-32-11-14-41(69-22-19-55)36(26-32)35-23-30(9-13-40(35)68-21-18-54)24-39(47(65)56-20-17-53)61-45(63)29(2)59-48(43)66/h9-14,23,25-29,38-39,43-44H,4-8,15-16,18-22,24,52,54-55H2,1-3H3,(H,56,65)(H,59,66)(H,60,64)(H,61,63)/t29-,38?,39-,43-/m0/s1. The van der Waals surface area contributed by atoms with Crippen LogP contribution in [0.25, 0.3) is 22.3 Å². The van der Waals surface area contributed by atoms with Crippen LogP contribution >= 0.6 is 0 Å². The van der Waals surface area contributed by atoms with E-state index in [2.05, 4.69) is 38.2 Å². The summed E-state index contributed by atoms with van der Waals surface area (Å²) in [7, 11) is 1.32. The van der Waals surface area contributed by atoms with Gasteiger partial charge in [-0.25, -0.2) is 18.7 Å². The van der Waals surface area contributed by atoms with E-state index in [1.54, 1.807) is 48.8 Å². The van der Waals surface area contributed by atoms with E-state index in [0.29, 0.717) is 51.6 Å². The number of ether oxygens (including phenoxy) is 2. The van der Waals surface area contributed by atoms with Gasteiger partial charge in [0.1, 0.15) is 61.2 Å². The number of carbonyl (C=O) groups excluding carboxylic acids is 5. The lowest BCUT2D eigenvalue weighted by molar-refractivity contribution is -0.141. The van der Waals surface area contributed by atoms with E-state index in [1.807, 2.05) is 6.07 Å². The number of aryl methyl sites for hydroxylation is 1. The van der Waals surface area contributed by atoms with Crippen molar-refractivity contribution >= 4 is 29.5 Å². The Kier molecular flexibility index (Phi) is 19.8. The molecule has 4 atom stereocenters. The van der Waals surface area contributed by atoms with Crippen molar-refractivity contribution in [3.05, 3.63) is 95.1 Å². The van der Waals surface area contributed by atoms with Gasteiger partial charge in [0.2, 0.25) is 23.6 Å². The third kappa shape index (κ3) is 14.0. The summed E-state index contributed by atoms with van der Waals surface area (Å²) in [5.41, 5.74) is 19.1. The first-order valence-electron chi connectivity index (χ1n) is 22.9. The number of halogens is 2. The first-order chi connectivity index (χ1) is 33.2. The van der Waals surface area contributed by atoms with Gasteiger partial charge in [0, 0.05) is 73.2 Å². The van der Waals surface area contributed by atoms with E-state index in [4.69, 9.17) is 31.9 Å². The summed E-state index contributed by atoms with van der Waals surface area (Å²) in [6.45, 7) is 3.56. The van der Waals surface area contributed by atoms with Crippen LogP contribution in [0, 0.1) is 11.3 Å². The Balaban J connectivity index is 1.54. The Hall–Kier alpha value is -7.08. The number of amides is 5. The minimum absolute atomic E-state index is 0.0361. The molecule has 368 valence electrons. The summed E-state index contributed by atoms with van der Waals surface area (Å²) in [4.78, 5) is 80.1. The van der Waals surface area contributed by atoms with Crippen LogP contribution < -0.4 is 47.9 Å². The molecule has 69 heavy (non-hydrogen) atoms. The van der Waals surface area contributed by atoms with Gasteiger partial charge in [-0.2, -0.15) is 5.26 Å². The van der Waals surface area contributed by atoms with Crippen molar-refractivity contribution in [2.75, 3.05) is 46.4 Å². The first-order valence-corrected chi connectivity index (χ1v) is 22.9. The average molecular weight is 954 g/mol. The van der Waals surface area contributed by atoms with Gasteiger partial charge in [0.05, 0.1) is 6.07 Å². The van der Waals surface area contributed by atoms with Gasteiger partial charge in [-0.15, -0.1) is 0 Å². The lowest BCUT2D eigenvalue weighted by Gasteiger charge is -2.32. The Morgan fingerprint density at radius 3 is 2.20 bits per heavy atom. The van der Waals surface area contributed by atoms with Crippen molar-refractivity contribution in [2.24, 2.45) is 17.2 Å². The van der Waals surface area contributed by atoms with Gasteiger partial charge < -0.3 is 52.8 Å². The highest BCUT2D eigenvalue weighted by Gasteiger charge is 2.36. The molecule has 0 saturated carbocycles. The lowest BCUT2D eigenvalue weighted by Crippen LogP contribution is -2.56. The summed E-state index contributed by atoms with van der Waals surface area (Å²) in [5, 5.41) is 19.5. The fraction of sp³-hybridized carbons (Fsp3) is 0.429. The van der Waals surface area contributed by atoms with Crippen LogP contribution in [0.1, 0.15) is 91.3 Å². The number of nitrogens with zero attached hydrogens (tertiary/aromatic N) is 4. The summed E-state index contributed by atoms with van der Waals surface area (Å²) in [6, 6.07) is 10.2. The predicted octanol–water partition coefficient (Wildman–Crippen LogP) is 3.38. The second-order valence-corrected chi connectivity index (χ2v) is 16.5. The monoisotopic (exact) mass is 953 g/mol. The Morgan fingerprint density at radius 2 is 1.57 bits per heavy atom. The first kappa shape index (κ1) is 52.9. The Labute approximate surface area is 400 Å². The third-order valence-corrected chi connectivity index (χ3v) is 11.4. The molecule has 10 N–H and O–H groups in total. The van der Waals surface area contributed by atoms with Crippen molar-refractivity contribution in [1.82, 2.24) is 36.1 Å². The highest BCUT2D eigenvalue weighted by molar-refractivity contribution is 6.00. The molecule has 1 aliphatic rings. The number of nitrogens with two attached hydrogens (primary N) is 3. The van der Waals surface area contributed by atoms with E-state index in [0.717, 1.165) is 30.6 Å². The molecule has 1 aromatic heterocycles. The number of nitriles is 1. The van der Waals surface area contributed by atoms with Crippen LogP contribution in [0.2, 0.25) is 0 Å². The second kappa shape index (κ2) is 25.9. The van der Waals surface area contributed by atoms with Crippen LogP contribution in [-0.4, -0.2) is 109 Å². The molecule has 18 nitrogen and oxygen atoms in total. The largest absolute Gasteiger partial charge is 0.492 e. The number of hydrogen-bond donors (Lipinski definition) is 7. The van der Waals surface area contributed by atoms with Crippen LogP contribution in [0.3, 0.4) is 0 Å². The number of fused-ring (bicyclic) bond motifs is 5. The minimum Gasteiger partial charge on any atom is -0.492 e. The van der Waals surface area contributed by atoms with Gasteiger partial charge >= 0.3 is 0 Å². The molecule has 1 aliphatic heterocycles. The normalized spacial score (nSPS) is 16.3. The highest BCUT2D eigenvalue weighted by Crippen LogP contribution is 2.40. The van der Waals surface area contributed by atoms with E-state index in [1.165, 1.54) is 32.2 Å². The average Bonchev–Trinajstić information content (AvgIpc) is 3.35. The molecule has 1 unspecified atom stereocenters. The van der Waals surface area contributed by atoms with Crippen LogP contribution in [0.15, 0.2) is 67.0 Å². The molecule has 20 heteroatoms. The zero-order valence-electron chi connectivity index (χ0n) is 39.1. The van der Waals surface area contributed by atoms with E-state index in [-0.39, 0.29) is 63.4 Å². The number of nitrogens with one attached hydrogen (secondary N) is 4. The number of benzene rings is 3. The number of aromatic nitrogens is 2. The summed E-state index contributed by atoms with van der Waals surface area (Å²) >= 11 is 0. The van der Waals surface area contributed by atoms with Crippen LogP contribution in [0.4, 0.5) is 8.78 Å². The number of likely N-dealkylation sites (N-methyl/N-ethyl adjacent to an activating group) is 1. The van der Waals surface area contributed by atoms with Crippen molar-refractivity contribution in [2.45, 2.75) is 89.4 Å². The van der Waals surface area contributed by atoms with Crippen molar-refractivity contribution in [3.63, 3.8) is 0 Å². The fourth-order valence-corrected chi connectivity index (χ4v) is 7.84. The number of alkyl halides is 2. The Morgan fingerprint density at radius 1 is 0.884 bits per heavy atom. The maximum absolute atomic E-state index is 14.7. The lowest BCUT2D eigenvalue weighted by atomic mass is 9.93. The van der Waals surface area contributed by atoms with Gasteiger partial charge in [0.25, 0.3) is 12.3 Å². The molecule has 4 aromatic rings. The van der Waals surface area contributed by atoms with Crippen molar-refractivity contribution in [3.8, 4) is 39.8 Å². The molecule has 0 radical (unpaired) electrons. The maximum atomic E-state index is 14.7. The van der Waals surface area contributed by atoms with E-state index in [9.17, 15) is 32.8 Å². The highest BCUT2D eigenvalue weighted by atomic mass is 19.3. The SMILES string of the molecule is CCCCCCc1ncc(-c2ccc(C(=O)NC(CCN)C(=O)N(C)[C@@H]3C(=O)N[C@@H](C)C(=O)N[C@H](C(=O)NCC#N)Cc4ccc(OCCN)c(c4)-c4cc3ccc4OCCN)c(C(F)F)c2)cn1. The minimum atomic E-state index is -3.08. The molecule has 0 fully saturated rings. The smallest absolute Gasteiger partial charge is 0.264 e. The molecular weight excluding hydrogens is 893 g/mol. The molecule has 2 heterocycles. The van der Waals surface area contributed by atoms with Gasteiger partial charge in [-0.1, -0.05) is 44.4 Å². The van der Waals surface area contributed by atoms with Crippen LogP contribution in [-0.2, 0) is 32.0 Å². The molecule has 3 aromatic carbocycles. The number of hydrogen-bond acceptors (Lipinski definition) is 13. The quantitative estimate of drug-likeness (QED) is 0.0467. The predicted molar refractivity (Wildman–Crippen MR) is 254 cm³/mol. The fourth-order valence-electron chi connectivity index (χ4n) is 7.84. The Bertz CT molecular complexity index is 2470. The maximum Gasteiger partial charge on any atom is 0.264 e. The van der Waals surface area contributed by atoms with Crippen molar-refractivity contribution < 1.29 is 42.2 Å². The van der Waals surface area contributed by atoms with Gasteiger partial charge in [0.15, 0.2) is 0 Å². The second-order valence-electron chi connectivity index (χ2n) is 16.5. The topological polar surface area (TPSA) is 283 Å². The number of rotatable bonds is 21. The molecular formula is C49H61F2N11O7. The summed E-state index contributed by atoms with van der Waals surface area (Å²) < 4.78 is 41.6. The van der Waals surface area contributed by atoms with Gasteiger partial charge in [-0.3, -0.25) is 24.0 Å². The van der Waals surface area contributed by atoms with Gasteiger partial charge in [-0.05, 0) is 79.4 Å². The number of carbonyl (C=O) groups is 5. The molecule has 0 aliphatic carbocycles. The zero-order chi connectivity index (χ0) is 50.0.